The van der Waals surface area contributed by atoms with E-state index in [1.807, 2.05) is 48.5 Å². The molecule has 0 amide bonds. The van der Waals surface area contributed by atoms with Gasteiger partial charge in [0.25, 0.3) is 0 Å². The Morgan fingerprint density at radius 1 is 0.287 bits per heavy atom. The van der Waals surface area contributed by atoms with E-state index in [1.165, 1.54) is 67.0 Å². The van der Waals surface area contributed by atoms with E-state index in [-0.39, 0.29) is 80.4 Å². The molecule has 80 heavy (non-hydrogen) atoms. The summed E-state index contributed by atoms with van der Waals surface area (Å²) < 4.78 is 0. The van der Waals surface area contributed by atoms with Crippen molar-refractivity contribution in [3.05, 3.63) is 298 Å². The van der Waals surface area contributed by atoms with Crippen LogP contribution >= 0.6 is 0 Å². The van der Waals surface area contributed by atoms with Crippen LogP contribution in [0.4, 0.5) is 22.7 Å². The Bertz CT molecular complexity index is 3400. The molecule has 0 spiro atoms. The van der Waals surface area contributed by atoms with Crippen molar-refractivity contribution in [3.8, 4) is 33.8 Å². The van der Waals surface area contributed by atoms with Crippen LogP contribution in [0.1, 0.15) is 79.8 Å². The average Bonchev–Trinajstić information content (AvgIpc) is 4.18. The van der Waals surface area contributed by atoms with Gasteiger partial charge in [-0.3, -0.25) is 0 Å². The molecule has 2 aliphatic rings. The third kappa shape index (κ3) is 11.4. The molecule has 2 aliphatic heterocycles. The number of hydrogen-bond donors (Lipinski definition) is 0. The summed E-state index contributed by atoms with van der Waals surface area (Å²) in [4.78, 5) is 10.1. The number of aryl methyl sites for hydroxylation is 6. The van der Waals surface area contributed by atoms with Crippen molar-refractivity contribution in [3.63, 3.8) is 0 Å². The second-order valence-corrected chi connectivity index (χ2v) is 21.1. The molecular formula is C72H66Ag2N4O2. The van der Waals surface area contributed by atoms with E-state index in [4.69, 9.17) is 0 Å². The van der Waals surface area contributed by atoms with E-state index in [2.05, 4.69) is 243 Å². The van der Waals surface area contributed by atoms with E-state index in [0.717, 1.165) is 33.6 Å². The Balaban J connectivity index is 0.000000189. The molecule has 0 bridgehead atoms. The van der Waals surface area contributed by atoms with Gasteiger partial charge in [-0.05, 0) is 109 Å². The first-order chi connectivity index (χ1) is 38.0. The summed E-state index contributed by atoms with van der Waals surface area (Å²) in [7, 11) is 0. The first kappa shape index (κ1) is 57.2. The van der Waals surface area contributed by atoms with Crippen molar-refractivity contribution < 1.29 is 55.0 Å². The fraction of sp³-hybridized carbons (Fsp3) is 0.167. The van der Waals surface area contributed by atoms with Crippen molar-refractivity contribution in [1.82, 2.24) is 0 Å². The van der Waals surface area contributed by atoms with Crippen molar-refractivity contribution in [2.24, 2.45) is 0 Å². The van der Waals surface area contributed by atoms with Crippen LogP contribution in [0.2, 0.25) is 0 Å². The number of nitrogens with zero attached hydrogens (tertiary/aromatic N) is 4. The molecule has 6 nitrogen and oxygen atoms in total. The number of rotatable bonds is 10. The SMILES string of the molecule is Cc1cc(C)c(N2CN(c3ccccc3-c3ccccc3[O-])[C@@H](c3ccccc3)[C@@H]2c2ccccc2)c(C)c1.Cc1cc(C)c(N2CN(c3ccccc3-c3ccccc3[O-])[C@@H](c3ccccc3)[C@@H]2c2ccccc2)c(C)c1.[Ag+].[Ag+]. The van der Waals surface area contributed by atoms with Gasteiger partial charge in [-0.25, -0.2) is 0 Å². The van der Waals surface area contributed by atoms with Gasteiger partial charge in [0, 0.05) is 33.9 Å². The molecule has 0 N–H and O–H groups in total. The maximum absolute atomic E-state index is 13.0. The Labute approximate surface area is 504 Å². The van der Waals surface area contributed by atoms with Crippen LogP contribution in [0.3, 0.4) is 0 Å². The molecule has 0 saturated carbocycles. The molecule has 12 rings (SSSR count). The number of anilines is 4. The van der Waals surface area contributed by atoms with Crippen molar-refractivity contribution >= 4 is 22.7 Å². The van der Waals surface area contributed by atoms with Crippen LogP contribution in [0.5, 0.6) is 11.5 Å². The van der Waals surface area contributed by atoms with Gasteiger partial charge in [-0.2, -0.15) is 0 Å². The van der Waals surface area contributed by atoms with Crippen LogP contribution in [0.25, 0.3) is 22.3 Å². The molecule has 2 saturated heterocycles. The predicted molar refractivity (Wildman–Crippen MR) is 320 cm³/mol. The van der Waals surface area contributed by atoms with Gasteiger partial charge >= 0.3 is 44.8 Å². The minimum Gasteiger partial charge on any atom is -0.872 e. The maximum atomic E-state index is 13.0. The fourth-order valence-corrected chi connectivity index (χ4v) is 12.8. The largest absolute Gasteiger partial charge is 1.00 e. The zero-order chi connectivity index (χ0) is 53.9. The minimum atomic E-state index is 0. The van der Waals surface area contributed by atoms with E-state index >= 15 is 0 Å². The van der Waals surface area contributed by atoms with Crippen LogP contribution in [0, 0.1) is 41.5 Å². The van der Waals surface area contributed by atoms with Gasteiger partial charge in [0.1, 0.15) is 0 Å². The molecule has 10 aromatic carbocycles. The summed E-state index contributed by atoms with van der Waals surface area (Å²) in [5.74, 6) is 0.0872. The number of benzene rings is 10. The van der Waals surface area contributed by atoms with Gasteiger partial charge in [0.15, 0.2) is 0 Å². The molecule has 0 unspecified atom stereocenters. The smallest absolute Gasteiger partial charge is 0.872 e. The van der Waals surface area contributed by atoms with E-state index in [9.17, 15) is 10.2 Å². The molecule has 8 heteroatoms. The third-order valence-electron chi connectivity index (χ3n) is 15.7. The van der Waals surface area contributed by atoms with Crippen molar-refractivity contribution in [1.29, 1.82) is 0 Å². The van der Waals surface area contributed by atoms with Gasteiger partial charge in [-0.15, -0.1) is 11.5 Å². The van der Waals surface area contributed by atoms with E-state index in [0.29, 0.717) is 13.3 Å². The molecule has 4 atom stereocenters. The summed E-state index contributed by atoms with van der Waals surface area (Å²) in [6, 6.07) is 84.0. The predicted octanol–water partition coefficient (Wildman–Crippen LogP) is 16.2. The Morgan fingerprint density at radius 3 is 0.812 bits per heavy atom. The Morgan fingerprint density at radius 2 is 0.525 bits per heavy atom. The summed E-state index contributed by atoms with van der Waals surface area (Å²) in [6.07, 6.45) is 0. The van der Waals surface area contributed by atoms with Crippen molar-refractivity contribution in [2.75, 3.05) is 32.9 Å². The summed E-state index contributed by atoms with van der Waals surface area (Å²) in [5.41, 5.74) is 20.8. The standard InChI is InChI=1S/2C36H34N2O.2Ag/c2*1-25-22-26(2)34(27(3)23-25)38-24-37(32-20-12-10-18-30(32)31-19-11-13-21-33(31)39)35(28-14-6-4-7-15-28)36(38)29-16-8-5-9-17-29;;/h2*4-23,35-36,39H,24H2,1-3H3;;/q;;2*+1/p-2/t2*35-,36-;;/m00../s1. The third-order valence-corrected chi connectivity index (χ3v) is 15.7. The van der Waals surface area contributed by atoms with Gasteiger partial charge in [-0.1, -0.05) is 242 Å². The summed E-state index contributed by atoms with van der Waals surface area (Å²) >= 11 is 0. The Kier molecular flexibility index (Phi) is 18.1. The summed E-state index contributed by atoms with van der Waals surface area (Å²) in [5, 5.41) is 26.0. The summed E-state index contributed by atoms with van der Waals surface area (Å²) in [6.45, 7) is 14.6. The van der Waals surface area contributed by atoms with E-state index < -0.39 is 0 Å². The molecule has 0 aromatic heterocycles. The molecule has 0 radical (unpaired) electrons. The van der Waals surface area contributed by atoms with Crippen LogP contribution in [-0.2, 0) is 44.8 Å². The maximum Gasteiger partial charge on any atom is 1.00 e. The average molecular weight is 1240 g/mol. The molecule has 2 fully saturated rings. The zero-order valence-electron chi connectivity index (χ0n) is 46.0. The molecule has 2 heterocycles. The van der Waals surface area contributed by atoms with Gasteiger partial charge in [0.2, 0.25) is 0 Å². The molecule has 408 valence electrons. The first-order valence-corrected chi connectivity index (χ1v) is 27.2. The topological polar surface area (TPSA) is 59.1 Å². The Hall–Kier alpha value is -7.52. The molecule has 10 aromatic rings. The number of hydrogen-bond acceptors (Lipinski definition) is 6. The monoisotopic (exact) mass is 1230 g/mol. The van der Waals surface area contributed by atoms with Gasteiger partial charge in [0.05, 0.1) is 37.5 Å². The van der Waals surface area contributed by atoms with Crippen LogP contribution < -0.4 is 29.8 Å². The minimum absolute atomic E-state index is 0. The van der Waals surface area contributed by atoms with Crippen molar-refractivity contribution in [2.45, 2.75) is 65.7 Å². The fourth-order valence-electron chi connectivity index (χ4n) is 12.8. The zero-order valence-corrected chi connectivity index (χ0v) is 49.0. The first-order valence-electron chi connectivity index (χ1n) is 27.2. The normalized spacial score (nSPS) is 16.6. The van der Waals surface area contributed by atoms with E-state index in [1.54, 1.807) is 12.1 Å². The number of para-hydroxylation sites is 4. The van der Waals surface area contributed by atoms with Crippen LogP contribution in [-0.4, -0.2) is 13.3 Å². The second kappa shape index (κ2) is 25.3. The quantitative estimate of drug-likeness (QED) is 0.127. The van der Waals surface area contributed by atoms with Crippen LogP contribution in [0.15, 0.2) is 243 Å². The molecule has 0 aliphatic carbocycles. The second-order valence-electron chi connectivity index (χ2n) is 21.1. The molecular weight excluding hydrogens is 1170 g/mol. The van der Waals surface area contributed by atoms with Gasteiger partial charge < -0.3 is 29.8 Å².